The van der Waals surface area contributed by atoms with Crippen LogP contribution in [-0.4, -0.2) is 145 Å². The standard InChI is InChI=1S/C32H43Cl2FN8O4Si.C21H21Cl2FN8O/c1-32(2,3)47-31(45)37-20-14-17-8-11-22(25(20)35)43(17)29-21(15-44)36-27-26(18-9-10-19-23(24(18)33)28(34)41(4)39-19)40-42(30(27)38-29)16-46-12-13-48(5,6)7;1-31-19(23)14-11(30-31)4-3-9(15(14)22)17-18-20(29-28-17)27-21(12(7-33)26-18)32-8-2-5-13(32)16(24)10(25)6-8/h9-10,17,20,22,25,44H,8,11-16H2,1-7H3,(H,37,45);3-4,8,10,13,16,33H,2,5-7,25H2,1H3,(H,27,28,29)/t17-,20-,22+,25-;8-,10-,13+,16-/m00/s1. The first-order chi connectivity index (χ1) is 38.4. The predicted molar refractivity (Wildman–Crippen MR) is 311 cm³/mol. The number of nitrogens with two attached hydrogens (primary N) is 1. The average Bonchev–Trinajstić information content (AvgIpc) is 4.31. The summed E-state index contributed by atoms with van der Waals surface area (Å²) < 4.78 is 47.2. The molecule has 1 amide bonds. The Labute approximate surface area is 485 Å². The number of rotatable bonds is 12. The molecule has 81 heavy (non-hydrogen) atoms. The van der Waals surface area contributed by atoms with Gasteiger partial charge >= 0.3 is 6.09 Å². The minimum atomic E-state index is -1.39. The Morgan fingerprint density at radius 2 is 1.36 bits per heavy atom. The zero-order chi connectivity index (χ0) is 57.7. The minimum Gasteiger partial charge on any atom is -0.444 e. The Bertz CT molecular complexity index is 3740. The number of halogens is 6. The SMILES string of the molecule is Cn1nc2ccc(-c3[nH]nc4nc(N5[C@H]6CC[C@@H]5[C@@H](F)[C@@H](N)C6)c(CO)nc34)c(Cl)c2c1Cl.Cn1nc2ccc(-c3nn(COCC[Si](C)(C)C)c4nc(N5[C@H]6CC[C@@H]5[C@@H](F)[C@@H](NC(=O)OC(C)(C)C)C6)c(CO)nc34)c(Cl)c2c1Cl. The smallest absolute Gasteiger partial charge is 0.407 e. The van der Waals surface area contributed by atoms with Crippen LogP contribution in [0.25, 0.3) is 66.6 Å². The van der Waals surface area contributed by atoms with E-state index < -0.39 is 56.8 Å². The van der Waals surface area contributed by atoms with Crippen molar-refractivity contribution in [3.05, 3.63) is 56.0 Å². The summed E-state index contributed by atoms with van der Waals surface area (Å²) in [4.78, 5) is 35.7. The fourth-order valence-electron chi connectivity index (χ4n) is 11.9. The van der Waals surface area contributed by atoms with Crippen LogP contribution in [0.2, 0.25) is 46.0 Å². The third-order valence-corrected chi connectivity index (χ3v) is 19.1. The van der Waals surface area contributed by atoms with Gasteiger partial charge in [-0.2, -0.15) is 20.4 Å². The molecule has 0 spiro atoms. The van der Waals surface area contributed by atoms with Crippen molar-refractivity contribution in [2.24, 2.45) is 19.8 Å². The number of carbonyl (C=O) groups is 1. The minimum absolute atomic E-state index is 0.0667. The number of piperidine rings is 2. The molecule has 28 heteroatoms. The van der Waals surface area contributed by atoms with Gasteiger partial charge in [-0.3, -0.25) is 14.5 Å². The van der Waals surface area contributed by atoms with Gasteiger partial charge in [0.25, 0.3) is 0 Å². The normalized spacial score (nSPS) is 22.9. The number of fused-ring (bicyclic) bond motifs is 8. The quantitative estimate of drug-likeness (QED) is 0.0564. The van der Waals surface area contributed by atoms with Crippen LogP contribution in [0.4, 0.5) is 25.2 Å². The van der Waals surface area contributed by atoms with Crippen molar-refractivity contribution in [1.82, 2.24) is 64.8 Å². The molecule has 432 valence electrons. The number of aliphatic hydroxyl groups is 2. The number of aromatic nitrogens is 12. The Kier molecular flexibility index (Phi) is 15.5. The van der Waals surface area contributed by atoms with Crippen LogP contribution in [0.3, 0.4) is 0 Å². The third-order valence-electron chi connectivity index (χ3n) is 15.7. The van der Waals surface area contributed by atoms with E-state index in [2.05, 4.69) is 50.3 Å². The number of aliphatic hydroxyl groups excluding tert-OH is 2. The number of aromatic amines is 1. The Morgan fingerprint density at radius 3 is 1.96 bits per heavy atom. The van der Waals surface area contributed by atoms with E-state index in [0.717, 1.165) is 12.5 Å². The molecule has 12 rings (SSSR count). The number of hydrogen-bond donors (Lipinski definition) is 5. The number of alkyl carbamates (subject to hydrolysis) is 1. The number of anilines is 2. The predicted octanol–water partition coefficient (Wildman–Crippen LogP) is 9.58. The van der Waals surface area contributed by atoms with Gasteiger partial charge in [-0.1, -0.05) is 66.0 Å². The van der Waals surface area contributed by atoms with Gasteiger partial charge in [-0.25, -0.2) is 38.2 Å². The highest BCUT2D eigenvalue weighted by molar-refractivity contribution is 6.76. The highest BCUT2D eigenvalue weighted by Gasteiger charge is 2.51. The molecular formula is C53H64Cl4F2N16O5Si. The van der Waals surface area contributed by atoms with Crippen molar-refractivity contribution < 1.29 is 33.3 Å². The molecule has 6 aromatic heterocycles. The lowest BCUT2D eigenvalue weighted by atomic mass is 9.95. The summed E-state index contributed by atoms with van der Waals surface area (Å²) in [7, 11) is 2.14. The van der Waals surface area contributed by atoms with E-state index in [0.29, 0.717) is 149 Å². The van der Waals surface area contributed by atoms with E-state index in [-0.39, 0.29) is 31.5 Å². The average molecular weight is 1210 g/mol. The van der Waals surface area contributed by atoms with Gasteiger partial charge in [-0.05, 0) is 89.6 Å². The fourth-order valence-corrected chi connectivity index (χ4v) is 13.9. The largest absolute Gasteiger partial charge is 0.444 e. The third kappa shape index (κ3) is 10.5. The second kappa shape index (κ2) is 21.9. The number of amides is 1. The van der Waals surface area contributed by atoms with Crippen LogP contribution in [0.5, 0.6) is 0 Å². The second-order valence-corrected chi connectivity index (χ2v) is 30.7. The van der Waals surface area contributed by atoms with Crippen LogP contribution in [0.15, 0.2) is 24.3 Å². The molecular weight excluding hydrogens is 1150 g/mol. The molecule has 21 nitrogen and oxygen atoms in total. The van der Waals surface area contributed by atoms with E-state index in [9.17, 15) is 19.4 Å². The maximum Gasteiger partial charge on any atom is 0.407 e. The molecule has 0 unspecified atom stereocenters. The maximum atomic E-state index is 16.1. The van der Waals surface area contributed by atoms with Crippen molar-refractivity contribution in [3.63, 3.8) is 0 Å². The summed E-state index contributed by atoms with van der Waals surface area (Å²) in [6, 6.07) is 6.03. The molecule has 0 saturated carbocycles. The highest BCUT2D eigenvalue weighted by Crippen LogP contribution is 2.46. The zero-order valence-corrected chi connectivity index (χ0v) is 50.0. The Balaban J connectivity index is 0.000000182. The Morgan fingerprint density at radius 1 is 0.790 bits per heavy atom. The van der Waals surface area contributed by atoms with Crippen molar-refractivity contribution >= 4 is 116 Å². The van der Waals surface area contributed by atoms with Gasteiger partial charge in [0.1, 0.15) is 63.1 Å². The molecule has 6 N–H and O–H groups in total. The summed E-state index contributed by atoms with van der Waals surface area (Å²) in [5, 5.41) is 47.3. The van der Waals surface area contributed by atoms with Crippen LogP contribution < -0.4 is 20.9 Å². The lowest BCUT2D eigenvalue weighted by Gasteiger charge is -2.42. The van der Waals surface area contributed by atoms with Gasteiger partial charge < -0.3 is 40.5 Å². The monoisotopic (exact) mass is 1210 g/mol. The molecule has 8 atom stereocenters. The first-order valence-corrected chi connectivity index (χ1v) is 32.2. The van der Waals surface area contributed by atoms with Crippen molar-refractivity contribution in [2.75, 3.05) is 16.4 Å². The number of aryl methyl sites for hydroxylation is 2. The summed E-state index contributed by atoms with van der Waals surface area (Å²) in [6.07, 6.45) is 0.493. The number of hydrogen-bond acceptors (Lipinski definition) is 16. The molecule has 10 heterocycles. The molecule has 2 aromatic carbocycles. The van der Waals surface area contributed by atoms with Crippen LogP contribution in [0.1, 0.15) is 70.7 Å². The van der Waals surface area contributed by atoms with E-state index in [4.69, 9.17) is 81.7 Å². The zero-order valence-electron chi connectivity index (χ0n) is 46.0. The van der Waals surface area contributed by atoms with Gasteiger partial charge in [0, 0.05) is 58.0 Å². The van der Waals surface area contributed by atoms with Crippen molar-refractivity contribution in [1.29, 1.82) is 0 Å². The molecule has 4 fully saturated rings. The summed E-state index contributed by atoms with van der Waals surface area (Å²) in [6.45, 7) is 12.1. The fraction of sp³-hybridized carbons (Fsp3) is 0.528. The molecule has 8 aromatic rings. The number of carbonyl (C=O) groups excluding carboxylic acids is 1. The van der Waals surface area contributed by atoms with Gasteiger partial charge in [0.05, 0.1) is 68.9 Å². The number of nitrogens with one attached hydrogen (secondary N) is 2. The molecule has 4 aliphatic heterocycles. The van der Waals surface area contributed by atoms with E-state index >= 15 is 4.39 Å². The van der Waals surface area contributed by atoms with Gasteiger partial charge in [-0.15, -0.1) is 0 Å². The number of ether oxygens (including phenoxy) is 2. The molecule has 0 aliphatic carbocycles. The van der Waals surface area contributed by atoms with Gasteiger partial charge in [0.2, 0.25) is 5.65 Å². The van der Waals surface area contributed by atoms with Gasteiger partial charge in [0.15, 0.2) is 17.3 Å². The first-order valence-electron chi connectivity index (χ1n) is 27.0. The summed E-state index contributed by atoms with van der Waals surface area (Å²) >= 11 is 26.6. The topological polar surface area (TPSA) is 254 Å². The summed E-state index contributed by atoms with van der Waals surface area (Å²) in [5.74, 6) is 0.851. The van der Waals surface area contributed by atoms with Crippen LogP contribution in [0, 0.1) is 0 Å². The lowest BCUT2D eigenvalue weighted by molar-refractivity contribution is 0.0447. The highest BCUT2D eigenvalue weighted by atomic mass is 35.5. The van der Waals surface area contributed by atoms with Crippen LogP contribution >= 0.6 is 46.4 Å². The Hall–Kier alpha value is -5.57. The molecule has 4 bridgehead atoms. The summed E-state index contributed by atoms with van der Waals surface area (Å²) in [5.41, 5.74) is 11.1. The van der Waals surface area contributed by atoms with E-state index in [1.54, 1.807) is 48.9 Å². The van der Waals surface area contributed by atoms with Crippen molar-refractivity contribution in [3.8, 4) is 22.5 Å². The number of benzene rings is 2. The second-order valence-electron chi connectivity index (χ2n) is 23.6. The lowest BCUT2D eigenvalue weighted by Crippen LogP contribution is -2.59. The number of alkyl halides is 2. The number of H-pyrrole nitrogens is 1. The maximum absolute atomic E-state index is 16.1. The number of nitrogens with zero attached hydrogens (tertiary/aromatic N) is 13. The molecule has 4 saturated heterocycles. The first kappa shape index (κ1) is 57.3. The molecule has 0 radical (unpaired) electrons. The van der Waals surface area contributed by atoms with E-state index in [1.807, 2.05) is 34.1 Å². The van der Waals surface area contributed by atoms with Crippen LogP contribution in [-0.2, 0) is 43.5 Å². The molecule has 4 aliphatic rings. The van der Waals surface area contributed by atoms with Crippen molar-refractivity contribution in [2.45, 2.75) is 159 Å². The van der Waals surface area contributed by atoms with E-state index in [1.165, 1.54) is 0 Å².